The molecule has 2 aromatic rings. The zero-order valence-corrected chi connectivity index (χ0v) is 16.1. The number of ether oxygens (including phenoxy) is 1. The molecular formula is C22H24N2O4. The van der Waals surface area contributed by atoms with Crippen LogP contribution in [0.15, 0.2) is 48.5 Å². The Labute approximate surface area is 164 Å². The lowest BCUT2D eigenvalue weighted by molar-refractivity contribution is -0.122. The molecule has 3 rings (SSSR count). The molecule has 146 valence electrons. The van der Waals surface area contributed by atoms with Crippen molar-refractivity contribution >= 4 is 29.2 Å². The molecule has 1 fully saturated rings. The van der Waals surface area contributed by atoms with Crippen LogP contribution in [0.25, 0.3) is 0 Å². The number of anilines is 2. The molecule has 1 aliphatic rings. The highest BCUT2D eigenvalue weighted by Crippen LogP contribution is 2.29. The molecule has 28 heavy (non-hydrogen) atoms. The van der Waals surface area contributed by atoms with Gasteiger partial charge in [0.1, 0.15) is 0 Å². The first kappa shape index (κ1) is 19.6. The molecule has 1 heterocycles. The molecule has 1 N–H and O–H groups in total. The van der Waals surface area contributed by atoms with Gasteiger partial charge in [-0.1, -0.05) is 37.3 Å². The molecule has 0 aromatic heterocycles. The van der Waals surface area contributed by atoms with Gasteiger partial charge in [0.2, 0.25) is 11.8 Å². The quantitative estimate of drug-likeness (QED) is 0.779. The number of hydrogen-bond donors (Lipinski definition) is 1. The van der Waals surface area contributed by atoms with Gasteiger partial charge in [-0.05, 0) is 37.1 Å². The summed E-state index contributed by atoms with van der Waals surface area (Å²) in [5.74, 6) is -1.32. The fourth-order valence-electron chi connectivity index (χ4n) is 3.39. The highest BCUT2D eigenvalue weighted by molar-refractivity contribution is 6.07. The van der Waals surface area contributed by atoms with Crippen LogP contribution in [0.4, 0.5) is 11.4 Å². The Hall–Kier alpha value is -3.15. The SMILES string of the molecule is CCOC(=O)c1ccccc1N1CC(C(=O)Nc2ccccc2CC)CC1=O. The molecule has 0 spiro atoms. The maximum absolute atomic E-state index is 12.7. The Balaban J connectivity index is 1.77. The topological polar surface area (TPSA) is 75.7 Å². The van der Waals surface area contributed by atoms with Crippen molar-refractivity contribution in [2.75, 3.05) is 23.4 Å². The van der Waals surface area contributed by atoms with Crippen LogP contribution >= 0.6 is 0 Å². The highest BCUT2D eigenvalue weighted by Gasteiger charge is 2.36. The predicted molar refractivity (Wildman–Crippen MR) is 107 cm³/mol. The Morgan fingerprint density at radius 1 is 1.11 bits per heavy atom. The van der Waals surface area contributed by atoms with Crippen molar-refractivity contribution in [3.63, 3.8) is 0 Å². The van der Waals surface area contributed by atoms with E-state index in [-0.39, 0.29) is 31.4 Å². The van der Waals surface area contributed by atoms with E-state index < -0.39 is 11.9 Å². The number of aryl methyl sites for hydroxylation is 1. The van der Waals surface area contributed by atoms with Crippen molar-refractivity contribution in [2.45, 2.75) is 26.7 Å². The molecule has 2 aromatic carbocycles. The number of nitrogens with zero attached hydrogens (tertiary/aromatic N) is 1. The van der Waals surface area contributed by atoms with E-state index in [1.165, 1.54) is 4.90 Å². The third-order valence-corrected chi connectivity index (χ3v) is 4.84. The lowest BCUT2D eigenvalue weighted by Crippen LogP contribution is -2.29. The molecule has 1 saturated heterocycles. The zero-order chi connectivity index (χ0) is 20.1. The standard InChI is InChI=1S/C22H24N2O4/c1-3-15-9-5-7-11-18(15)23-21(26)16-13-20(25)24(14-16)19-12-8-6-10-17(19)22(27)28-4-2/h5-12,16H,3-4,13-14H2,1-2H3,(H,23,26). The van der Waals surface area contributed by atoms with Crippen molar-refractivity contribution in [1.29, 1.82) is 0 Å². The fraction of sp³-hybridized carbons (Fsp3) is 0.318. The van der Waals surface area contributed by atoms with E-state index in [2.05, 4.69) is 5.32 Å². The first-order valence-corrected chi connectivity index (χ1v) is 9.50. The van der Waals surface area contributed by atoms with Crippen LogP contribution in [0.5, 0.6) is 0 Å². The van der Waals surface area contributed by atoms with E-state index in [1.54, 1.807) is 31.2 Å². The highest BCUT2D eigenvalue weighted by atomic mass is 16.5. The molecule has 1 unspecified atom stereocenters. The van der Waals surface area contributed by atoms with Crippen molar-refractivity contribution < 1.29 is 19.1 Å². The number of carbonyl (C=O) groups is 3. The van der Waals surface area contributed by atoms with Crippen LogP contribution in [0.3, 0.4) is 0 Å². The summed E-state index contributed by atoms with van der Waals surface area (Å²) < 4.78 is 5.09. The number of hydrogen-bond acceptors (Lipinski definition) is 4. The van der Waals surface area contributed by atoms with E-state index >= 15 is 0 Å². The largest absolute Gasteiger partial charge is 0.462 e. The molecule has 0 aliphatic carbocycles. The molecule has 6 heteroatoms. The number of amides is 2. The average molecular weight is 380 g/mol. The summed E-state index contributed by atoms with van der Waals surface area (Å²) >= 11 is 0. The van der Waals surface area contributed by atoms with Gasteiger partial charge in [-0.3, -0.25) is 9.59 Å². The molecular weight excluding hydrogens is 356 g/mol. The van der Waals surface area contributed by atoms with Crippen LogP contribution < -0.4 is 10.2 Å². The summed E-state index contributed by atoms with van der Waals surface area (Å²) in [6.45, 7) is 4.24. The minimum atomic E-state index is -0.479. The van der Waals surface area contributed by atoms with E-state index in [4.69, 9.17) is 4.74 Å². The number of para-hydroxylation sites is 2. The smallest absolute Gasteiger partial charge is 0.340 e. The second-order valence-corrected chi connectivity index (χ2v) is 6.64. The summed E-state index contributed by atoms with van der Waals surface area (Å²) in [6.07, 6.45) is 0.913. The van der Waals surface area contributed by atoms with E-state index in [9.17, 15) is 14.4 Å². The van der Waals surface area contributed by atoms with E-state index in [0.29, 0.717) is 11.3 Å². The third kappa shape index (κ3) is 4.06. The van der Waals surface area contributed by atoms with Gasteiger partial charge in [-0.2, -0.15) is 0 Å². The Morgan fingerprint density at radius 2 is 1.82 bits per heavy atom. The molecule has 1 aliphatic heterocycles. The van der Waals surface area contributed by atoms with Crippen molar-refractivity contribution in [1.82, 2.24) is 0 Å². The van der Waals surface area contributed by atoms with Crippen molar-refractivity contribution in [3.05, 3.63) is 59.7 Å². The number of esters is 1. The van der Waals surface area contributed by atoms with E-state index in [0.717, 1.165) is 17.7 Å². The summed E-state index contributed by atoms with van der Waals surface area (Å²) in [7, 11) is 0. The maximum Gasteiger partial charge on any atom is 0.340 e. The van der Waals surface area contributed by atoms with Crippen molar-refractivity contribution in [2.24, 2.45) is 5.92 Å². The Bertz CT molecular complexity index is 894. The van der Waals surface area contributed by atoms with Crippen LogP contribution in [0, 0.1) is 5.92 Å². The Morgan fingerprint density at radius 3 is 2.57 bits per heavy atom. The van der Waals surface area contributed by atoms with Crippen LogP contribution in [-0.4, -0.2) is 30.9 Å². The molecule has 2 amide bonds. The van der Waals surface area contributed by atoms with Gasteiger partial charge in [0.05, 0.1) is 23.8 Å². The molecule has 6 nitrogen and oxygen atoms in total. The second kappa shape index (κ2) is 8.69. The number of rotatable bonds is 6. The van der Waals surface area contributed by atoms with Crippen LogP contribution in [0.1, 0.15) is 36.2 Å². The normalized spacial score (nSPS) is 16.1. The third-order valence-electron chi connectivity index (χ3n) is 4.84. The predicted octanol–water partition coefficient (Wildman–Crippen LogP) is 3.42. The number of benzene rings is 2. The first-order chi connectivity index (χ1) is 13.5. The molecule has 0 bridgehead atoms. The molecule has 0 radical (unpaired) electrons. The van der Waals surface area contributed by atoms with Gasteiger partial charge in [0.25, 0.3) is 0 Å². The summed E-state index contributed by atoms with van der Waals surface area (Å²) in [6, 6.07) is 14.5. The van der Waals surface area contributed by atoms with Gasteiger partial charge in [-0.15, -0.1) is 0 Å². The van der Waals surface area contributed by atoms with Crippen LogP contribution in [-0.2, 0) is 20.7 Å². The minimum absolute atomic E-state index is 0.108. The zero-order valence-electron chi connectivity index (χ0n) is 16.1. The van der Waals surface area contributed by atoms with Gasteiger partial charge < -0.3 is 15.0 Å². The fourth-order valence-corrected chi connectivity index (χ4v) is 3.39. The van der Waals surface area contributed by atoms with E-state index in [1.807, 2.05) is 31.2 Å². The minimum Gasteiger partial charge on any atom is -0.462 e. The summed E-state index contributed by atoms with van der Waals surface area (Å²) in [4.78, 5) is 39.1. The Kier molecular flexibility index (Phi) is 6.09. The maximum atomic E-state index is 12.7. The van der Waals surface area contributed by atoms with Crippen molar-refractivity contribution in [3.8, 4) is 0 Å². The first-order valence-electron chi connectivity index (χ1n) is 9.50. The summed E-state index contributed by atoms with van der Waals surface area (Å²) in [5.41, 5.74) is 2.63. The molecule has 1 atom stereocenters. The number of carbonyl (C=O) groups excluding carboxylic acids is 3. The molecule has 0 saturated carbocycles. The average Bonchev–Trinajstić information content (AvgIpc) is 3.10. The van der Waals surface area contributed by atoms with Crippen LogP contribution in [0.2, 0.25) is 0 Å². The van der Waals surface area contributed by atoms with Gasteiger partial charge in [-0.25, -0.2) is 4.79 Å². The van der Waals surface area contributed by atoms with Gasteiger partial charge in [0, 0.05) is 18.7 Å². The number of nitrogens with one attached hydrogen (secondary N) is 1. The summed E-state index contributed by atoms with van der Waals surface area (Å²) in [5, 5.41) is 2.94. The monoisotopic (exact) mass is 380 g/mol. The lowest BCUT2D eigenvalue weighted by atomic mass is 10.1. The lowest BCUT2D eigenvalue weighted by Gasteiger charge is -2.19. The van der Waals surface area contributed by atoms with Gasteiger partial charge >= 0.3 is 5.97 Å². The second-order valence-electron chi connectivity index (χ2n) is 6.64. The van der Waals surface area contributed by atoms with Gasteiger partial charge in [0.15, 0.2) is 0 Å².